The third-order valence-electron chi connectivity index (χ3n) is 2.65. The van der Waals surface area contributed by atoms with E-state index in [0.29, 0.717) is 6.61 Å². The second kappa shape index (κ2) is 4.02. The molecule has 0 fully saturated rings. The molecule has 0 radical (unpaired) electrons. The number of ether oxygens (including phenoxy) is 1. The highest BCUT2D eigenvalue weighted by atomic mass is 16.5. The number of aromatic nitrogens is 4. The zero-order chi connectivity index (χ0) is 10.8. The minimum atomic E-state index is 0.713. The zero-order valence-corrected chi connectivity index (χ0v) is 8.83. The van der Waals surface area contributed by atoms with Gasteiger partial charge < -0.3 is 9.30 Å². The Balaban J connectivity index is 2.06. The third kappa shape index (κ3) is 1.59. The van der Waals surface area contributed by atoms with E-state index in [1.807, 2.05) is 18.2 Å². The van der Waals surface area contributed by atoms with E-state index in [4.69, 9.17) is 4.74 Å². The maximum Gasteiger partial charge on any atom is 0.182 e. The van der Waals surface area contributed by atoms with Gasteiger partial charge in [0.15, 0.2) is 5.82 Å². The lowest BCUT2D eigenvalue weighted by Gasteiger charge is -2.04. The van der Waals surface area contributed by atoms with Crippen LogP contribution in [0.25, 0.3) is 11.5 Å². The van der Waals surface area contributed by atoms with Gasteiger partial charge in [-0.05, 0) is 12.1 Å². The Labute approximate surface area is 93.1 Å². The van der Waals surface area contributed by atoms with Crippen LogP contribution in [0.2, 0.25) is 0 Å². The molecular weight excluding hydrogens is 204 g/mol. The molecule has 0 aliphatic carbocycles. The average Bonchev–Trinajstić information content (AvgIpc) is 2.60. The summed E-state index contributed by atoms with van der Waals surface area (Å²) in [7, 11) is 0. The smallest absolute Gasteiger partial charge is 0.182 e. The monoisotopic (exact) mass is 216 g/mol. The Kier molecular flexibility index (Phi) is 2.38. The number of hydrogen-bond donors (Lipinski definition) is 0. The van der Waals surface area contributed by atoms with Crippen LogP contribution in [0, 0.1) is 0 Å². The van der Waals surface area contributed by atoms with E-state index in [1.54, 1.807) is 6.20 Å². The second-order valence-electron chi connectivity index (χ2n) is 3.67. The number of hydrogen-bond acceptors (Lipinski definition) is 4. The van der Waals surface area contributed by atoms with Gasteiger partial charge in [-0.25, -0.2) is 0 Å². The Morgan fingerprint density at radius 1 is 1.19 bits per heavy atom. The summed E-state index contributed by atoms with van der Waals surface area (Å²) in [5.74, 6) is 1.82. The van der Waals surface area contributed by atoms with Gasteiger partial charge in [-0.1, -0.05) is 6.07 Å². The summed E-state index contributed by atoms with van der Waals surface area (Å²) in [5, 5.41) is 8.39. The van der Waals surface area contributed by atoms with Gasteiger partial charge in [0.25, 0.3) is 0 Å². The van der Waals surface area contributed by atoms with Gasteiger partial charge in [0.2, 0.25) is 0 Å². The van der Waals surface area contributed by atoms with Gasteiger partial charge in [0.1, 0.15) is 11.5 Å². The van der Waals surface area contributed by atoms with E-state index in [1.165, 1.54) is 0 Å². The molecule has 0 N–H and O–H groups in total. The number of pyridine rings is 1. The first-order valence-electron chi connectivity index (χ1n) is 5.36. The third-order valence-corrected chi connectivity index (χ3v) is 2.65. The van der Waals surface area contributed by atoms with Crippen LogP contribution in [-0.2, 0) is 17.7 Å². The maximum atomic E-state index is 5.42. The quantitative estimate of drug-likeness (QED) is 0.711. The van der Waals surface area contributed by atoms with E-state index >= 15 is 0 Å². The van der Waals surface area contributed by atoms with Crippen molar-refractivity contribution < 1.29 is 4.74 Å². The van der Waals surface area contributed by atoms with Crippen molar-refractivity contribution in [2.75, 3.05) is 13.2 Å². The maximum absolute atomic E-state index is 5.42. The first-order chi connectivity index (χ1) is 7.95. The summed E-state index contributed by atoms with van der Waals surface area (Å²) in [6.45, 7) is 2.24. The minimum absolute atomic E-state index is 0.713. The zero-order valence-electron chi connectivity index (χ0n) is 8.83. The van der Waals surface area contributed by atoms with E-state index in [2.05, 4.69) is 19.7 Å². The van der Waals surface area contributed by atoms with Crippen molar-refractivity contribution in [2.24, 2.45) is 0 Å². The van der Waals surface area contributed by atoms with Crippen molar-refractivity contribution in [3.63, 3.8) is 0 Å². The van der Waals surface area contributed by atoms with Gasteiger partial charge >= 0.3 is 0 Å². The van der Waals surface area contributed by atoms with Crippen LogP contribution in [0.4, 0.5) is 0 Å². The predicted molar refractivity (Wildman–Crippen MR) is 57.8 cm³/mol. The van der Waals surface area contributed by atoms with E-state index in [9.17, 15) is 0 Å². The lowest BCUT2D eigenvalue weighted by atomic mass is 10.3. The molecule has 5 nitrogen and oxygen atoms in total. The van der Waals surface area contributed by atoms with Gasteiger partial charge in [0, 0.05) is 19.2 Å². The fraction of sp³-hybridized carbons (Fsp3) is 0.364. The van der Waals surface area contributed by atoms with Crippen LogP contribution in [0.3, 0.4) is 0 Å². The molecule has 0 spiro atoms. The van der Waals surface area contributed by atoms with E-state index < -0.39 is 0 Å². The van der Waals surface area contributed by atoms with Crippen LogP contribution in [0.1, 0.15) is 5.82 Å². The standard InChI is InChI=1S/C11H12N4O/c1-2-5-12-9(3-1)11-14-13-10-4-7-16-8-6-15(10)11/h1-3,5H,4,6-8H2. The fourth-order valence-corrected chi connectivity index (χ4v) is 1.86. The number of rotatable bonds is 1. The molecule has 0 saturated heterocycles. The van der Waals surface area contributed by atoms with Crippen LogP contribution < -0.4 is 0 Å². The molecule has 0 atom stereocenters. The predicted octanol–water partition coefficient (Wildman–Crippen LogP) is 0.913. The molecule has 0 bridgehead atoms. The van der Waals surface area contributed by atoms with Crippen molar-refractivity contribution in [1.82, 2.24) is 19.7 Å². The van der Waals surface area contributed by atoms with Gasteiger partial charge in [0.05, 0.1) is 13.2 Å². The molecule has 3 heterocycles. The summed E-state index contributed by atoms with van der Waals surface area (Å²) in [6.07, 6.45) is 2.59. The Morgan fingerprint density at radius 2 is 2.19 bits per heavy atom. The molecule has 0 aromatic carbocycles. The SMILES string of the molecule is c1ccc(-c2nnc3n2CCOCC3)nc1. The molecule has 0 unspecified atom stereocenters. The summed E-state index contributed by atoms with van der Waals surface area (Å²) in [5.41, 5.74) is 0.864. The van der Waals surface area contributed by atoms with Crippen LogP contribution in [0.5, 0.6) is 0 Å². The van der Waals surface area contributed by atoms with Crippen molar-refractivity contribution in [1.29, 1.82) is 0 Å². The molecule has 2 aromatic heterocycles. The molecule has 0 saturated carbocycles. The molecule has 0 amide bonds. The highest BCUT2D eigenvalue weighted by Gasteiger charge is 2.16. The van der Waals surface area contributed by atoms with Crippen LogP contribution >= 0.6 is 0 Å². The second-order valence-corrected chi connectivity index (χ2v) is 3.67. The Hall–Kier alpha value is -1.75. The van der Waals surface area contributed by atoms with E-state index in [-0.39, 0.29) is 0 Å². The first kappa shape index (κ1) is 9.47. The van der Waals surface area contributed by atoms with Crippen molar-refractivity contribution >= 4 is 0 Å². The van der Waals surface area contributed by atoms with Crippen molar-refractivity contribution in [2.45, 2.75) is 13.0 Å². The first-order valence-corrected chi connectivity index (χ1v) is 5.36. The minimum Gasteiger partial charge on any atom is -0.379 e. The molecule has 1 aliphatic heterocycles. The van der Waals surface area contributed by atoms with Gasteiger partial charge in [-0.3, -0.25) is 4.98 Å². The Morgan fingerprint density at radius 3 is 3.06 bits per heavy atom. The topological polar surface area (TPSA) is 52.8 Å². The normalized spacial score (nSPS) is 15.5. The summed E-state index contributed by atoms with van der Waals surface area (Å²) < 4.78 is 7.51. The van der Waals surface area contributed by atoms with Gasteiger partial charge in [-0.2, -0.15) is 0 Å². The highest BCUT2D eigenvalue weighted by molar-refractivity contribution is 5.48. The molecule has 16 heavy (non-hydrogen) atoms. The molecule has 5 heteroatoms. The summed E-state index contributed by atoms with van der Waals surface area (Å²) in [4.78, 5) is 4.30. The lowest BCUT2D eigenvalue weighted by molar-refractivity contribution is 0.140. The number of fused-ring (bicyclic) bond motifs is 1. The summed E-state index contributed by atoms with van der Waals surface area (Å²) in [6, 6.07) is 5.80. The van der Waals surface area contributed by atoms with Crippen molar-refractivity contribution in [3.05, 3.63) is 30.2 Å². The molecular formula is C11H12N4O. The van der Waals surface area contributed by atoms with Crippen LogP contribution in [-0.4, -0.2) is 33.0 Å². The highest BCUT2D eigenvalue weighted by Crippen LogP contribution is 2.17. The molecule has 2 aromatic rings. The number of nitrogens with zero attached hydrogens (tertiary/aromatic N) is 4. The van der Waals surface area contributed by atoms with Gasteiger partial charge in [-0.15, -0.1) is 10.2 Å². The molecule has 3 rings (SSSR count). The molecule has 1 aliphatic rings. The van der Waals surface area contributed by atoms with Crippen molar-refractivity contribution in [3.8, 4) is 11.5 Å². The summed E-state index contributed by atoms with van der Waals surface area (Å²) >= 11 is 0. The van der Waals surface area contributed by atoms with E-state index in [0.717, 1.165) is 36.9 Å². The lowest BCUT2D eigenvalue weighted by Crippen LogP contribution is -2.06. The van der Waals surface area contributed by atoms with Crippen LogP contribution in [0.15, 0.2) is 24.4 Å². The fourth-order valence-electron chi connectivity index (χ4n) is 1.86. The molecule has 82 valence electrons. The average molecular weight is 216 g/mol. The Bertz CT molecular complexity index is 480. The largest absolute Gasteiger partial charge is 0.379 e.